The maximum atomic E-state index is 12.5. The van der Waals surface area contributed by atoms with E-state index in [1.54, 1.807) is 0 Å². The van der Waals surface area contributed by atoms with Gasteiger partial charge in [0, 0.05) is 24.5 Å². The second-order valence-electron chi connectivity index (χ2n) is 9.59. The summed E-state index contributed by atoms with van der Waals surface area (Å²) >= 11 is 0. The average molecular weight is 440 g/mol. The van der Waals surface area contributed by atoms with Gasteiger partial charge in [-0.05, 0) is 62.8 Å². The summed E-state index contributed by atoms with van der Waals surface area (Å²) in [6.07, 6.45) is 0.618. The first kappa shape index (κ1) is 23.8. The summed E-state index contributed by atoms with van der Waals surface area (Å²) in [5.41, 5.74) is 3.69. The zero-order chi connectivity index (χ0) is 23.4. The Morgan fingerprint density at radius 1 is 0.938 bits per heavy atom. The third kappa shape index (κ3) is 6.10. The topological polar surface area (TPSA) is 84.9 Å². The van der Waals surface area contributed by atoms with E-state index in [0.717, 1.165) is 0 Å². The number of carbonyl (C=O) groups is 2. The molecule has 0 spiro atoms. The van der Waals surface area contributed by atoms with Gasteiger partial charge in [-0.15, -0.1) is 0 Å². The molecule has 0 aliphatic heterocycles. The van der Waals surface area contributed by atoms with Crippen LogP contribution in [0.15, 0.2) is 48.5 Å². The van der Waals surface area contributed by atoms with E-state index in [9.17, 15) is 9.59 Å². The normalized spacial score (nSPS) is 13.4. The van der Waals surface area contributed by atoms with Crippen molar-refractivity contribution in [3.8, 4) is 11.1 Å². The number of aliphatic carboxylic acids is 1. The van der Waals surface area contributed by atoms with Crippen LogP contribution in [0.1, 0.15) is 64.0 Å². The highest BCUT2D eigenvalue weighted by atomic mass is 16.5. The zero-order valence-corrected chi connectivity index (χ0v) is 19.3. The number of amides is 1. The molecular weight excluding hydrogens is 406 g/mol. The molecule has 2 N–H and O–H groups in total. The average Bonchev–Trinajstić information content (AvgIpc) is 3.04. The molecule has 32 heavy (non-hydrogen) atoms. The fourth-order valence-electron chi connectivity index (χ4n) is 4.04. The van der Waals surface area contributed by atoms with Crippen LogP contribution in [0.5, 0.6) is 0 Å². The van der Waals surface area contributed by atoms with Crippen LogP contribution in [0.3, 0.4) is 0 Å². The van der Waals surface area contributed by atoms with Crippen molar-refractivity contribution in [2.75, 3.05) is 13.2 Å². The van der Waals surface area contributed by atoms with Gasteiger partial charge in [0.2, 0.25) is 0 Å². The fourth-order valence-corrected chi connectivity index (χ4v) is 4.04. The van der Waals surface area contributed by atoms with Gasteiger partial charge in [-0.1, -0.05) is 48.5 Å². The lowest BCUT2D eigenvalue weighted by atomic mass is 9.98. The van der Waals surface area contributed by atoms with E-state index in [1.807, 2.05) is 52.0 Å². The maximum Gasteiger partial charge on any atom is 0.407 e. The van der Waals surface area contributed by atoms with Crippen molar-refractivity contribution in [2.45, 2.75) is 64.0 Å². The van der Waals surface area contributed by atoms with Gasteiger partial charge in [0.15, 0.2) is 0 Å². The van der Waals surface area contributed by atoms with Crippen molar-refractivity contribution in [3.05, 3.63) is 59.7 Å². The van der Waals surface area contributed by atoms with E-state index in [-0.39, 0.29) is 18.9 Å². The lowest BCUT2D eigenvalue weighted by molar-refractivity contribution is -0.139. The molecule has 0 saturated heterocycles. The predicted octanol–water partition coefficient (Wildman–Crippen LogP) is 5.35. The number of hydrogen-bond donors (Lipinski definition) is 2. The molecule has 0 bridgehead atoms. The zero-order valence-electron chi connectivity index (χ0n) is 19.3. The highest BCUT2D eigenvalue weighted by Crippen LogP contribution is 2.44. The highest BCUT2D eigenvalue weighted by molar-refractivity contribution is 5.79. The third-order valence-electron chi connectivity index (χ3n) is 5.94. The molecule has 172 valence electrons. The Kier molecular flexibility index (Phi) is 7.24. The number of nitrogens with one attached hydrogen (secondary N) is 1. The van der Waals surface area contributed by atoms with Crippen LogP contribution in [-0.2, 0) is 14.3 Å². The van der Waals surface area contributed by atoms with Crippen LogP contribution in [0.4, 0.5) is 4.79 Å². The Hall–Kier alpha value is -2.86. The van der Waals surface area contributed by atoms with Crippen molar-refractivity contribution >= 4 is 12.1 Å². The van der Waals surface area contributed by atoms with Gasteiger partial charge < -0.3 is 19.9 Å². The number of alkyl carbamates (subject to hydrolysis) is 1. The van der Waals surface area contributed by atoms with Gasteiger partial charge in [0.05, 0.1) is 5.60 Å². The monoisotopic (exact) mass is 439 g/mol. The Bertz CT molecular complexity index is 921. The summed E-state index contributed by atoms with van der Waals surface area (Å²) in [5.74, 6) is -0.812. The smallest absolute Gasteiger partial charge is 0.407 e. The van der Waals surface area contributed by atoms with E-state index in [4.69, 9.17) is 14.6 Å². The van der Waals surface area contributed by atoms with E-state index in [1.165, 1.54) is 22.3 Å². The number of carboxylic acids is 1. The van der Waals surface area contributed by atoms with Gasteiger partial charge in [-0.3, -0.25) is 4.79 Å². The Morgan fingerprint density at radius 2 is 1.50 bits per heavy atom. The first-order chi connectivity index (χ1) is 15.1. The molecule has 0 saturated carbocycles. The van der Waals surface area contributed by atoms with Gasteiger partial charge in [0.1, 0.15) is 6.61 Å². The van der Waals surface area contributed by atoms with E-state index in [2.05, 4.69) is 29.6 Å². The standard InChI is InChI=1S/C26H33NO5/c1-25(2,15-16-32-26(3,4)14-13-23(28)29)27-24(30)31-17-22-20-11-7-5-9-18(20)19-10-6-8-12-21(19)22/h5-12,22H,13-17H2,1-4H3,(H,27,30)(H,28,29). The Labute approximate surface area is 189 Å². The lowest BCUT2D eigenvalue weighted by Crippen LogP contribution is -2.45. The van der Waals surface area contributed by atoms with Crippen molar-refractivity contribution in [1.82, 2.24) is 5.32 Å². The second kappa shape index (κ2) is 9.74. The number of rotatable bonds is 10. The van der Waals surface area contributed by atoms with Crippen molar-refractivity contribution in [2.24, 2.45) is 0 Å². The van der Waals surface area contributed by atoms with Crippen LogP contribution in [0.25, 0.3) is 11.1 Å². The summed E-state index contributed by atoms with van der Waals surface area (Å²) in [6.45, 7) is 8.27. The quantitative estimate of drug-likeness (QED) is 0.521. The number of carbonyl (C=O) groups excluding carboxylic acids is 1. The number of ether oxygens (including phenoxy) is 2. The van der Waals surface area contributed by atoms with Crippen molar-refractivity contribution in [3.63, 3.8) is 0 Å². The predicted molar refractivity (Wildman–Crippen MR) is 124 cm³/mol. The van der Waals surface area contributed by atoms with E-state index in [0.29, 0.717) is 19.4 Å². The van der Waals surface area contributed by atoms with Gasteiger partial charge in [-0.25, -0.2) is 4.79 Å². The molecule has 0 radical (unpaired) electrons. The van der Waals surface area contributed by atoms with E-state index >= 15 is 0 Å². The molecule has 1 aliphatic rings. The maximum absolute atomic E-state index is 12.5. The lowest BCUT2D eigenvalue weighted by Gasteiger charge is -2.30. The number of fused-ring (bicyclic) bond motifs is 3. The molecular formula is C26H33NO5. The summed E-state index contributed by atoms with van der Waals surface area (Å²) < 4.78 is 11.5. The largest absolute Gasteiger partial charge is 0.481 e. The Morgan fingerprint density at radius 3 is 2.06 bits per heavy atom. The summed E-state index contributed by atoms with van der Waals surface area (Å²) in [4.78, 5) is 23.3. The van der Waals surface area contributed by atoms with Crippen molar-refractivity contribution < 1.29 is 24.2 Å². The SMILES string of the molecule is CC(C)(CCOC(C)(C)CCC(=O)O)NC(=O)OCC1c2ccccc2-c2ccccc21. The highest BCUT2D eigenvalue weighted by Gasteiger charge is 2.30. The molecule has 6 heteroatoms. The Balaban J connectivity index is 1.51. The summed E-state index contributed by atoms with van der Waals surface area (Å²) in [7, 11) is 0. The molecule has 0 unspecified atom stereocenters. The molecule has 0 atom stereocenters. The minimum absolute atomic E-state index is 0.0228. The molecule has 1 aliphatic carbocycles. The number of carboxylic acid groups (broad SMARTS) is 1. The van der Waals surface area contributed by atoms with Gasteiger partial charge in [0.25, 0.3) is 0 Å². The molecule has 2 aromatic carbocycles. The van der Waals surface area contributed by atoms with Crippen LogP contribution in [0.2, 0.25) is 0 Å². The molecule has 0 aromatic heterocycles. The second-order valence-corrected chi connectivity index (χ2v) is 9.59. The fraction of sp³-hybridized carbons (Fsp3) is 0.462. The summed E-state index contributed by atoms with van der Waals surface area (Å²) in [6, 6.07) is 16.5. The summed E-state index contributed by atoms with van der Waals surface area (Å²) in [5, 5.41) is 11.8. The molecule has 1 amide bonds. The molecule has 0 heterocycles. The number of benzene rings is 2. The van der Waals surface area contributed by atoms with Gasteiger partial charge in [-0.2, -0.15) is 0 Å². The first-order valence-corrected chi connectivity index (χ1v) is 11.1. The van der Waals surface area contributed by atoms with Crippen LogP contribution in [0, 0.1) is 0 Å². The molecule has 0 fully saturated rings. The minimum Gasteiger partial charge on any atom is -0.481 e. The minimum atomic E-state index is -0.834. The van der Waals surface area contributed by atoms with Crippen molar-refractivity contribution in [1.29, 1.82) is 0 Å². The third-order valence-corrected chi connectivity index (χ3v) is 5.94. The first-order valence-electron chi connectivity index (χ1n) is 11.1. The van der Waals surface area contributed by atoms with Gasteiger partial charge >= 0.3 is 12.1 Å². The van der Waals surface area contributed by atoms with Crippen LogP contribution >= 0.6 is 0 Å². The molecule has 6 nitrogen and oxygen atoms in total. The van der Waals surface area contributed by atoms with Crippen LogP contribution < -0.4 is 5.32 Å². The molecule has 2 aromatic rings. The number of hydrogen-bond acceptors (Lipinski definition) is 4. The van der Waals surface area contributed by atoms with Crippen LogP contribution in [-0.4, -0.2) is 41.5 Å². The van der Waals surface area contributed by atoms with E-state index < -0.39 is 23.2 Å². The molecule has 3 rings (SSSR count).